The summed E-state index contributed by atoms with van der Waals surface area (Å²) >= 11 is -2.07. The van der Waals surface area contributed by atoms with Crippen molar-refractivity contribution in [1.82, 2.24) is 0 Å². The van der Waals surface area contributed by atoms with Crippen LogP contribution in [0.25, 0.3) is 0 Å². The molecular weight excluding hydrogens is 218 g/mol. The largest absolute Gasteiger partial charge is 0.772 e. The molecule has 15 heavy (non-hydrogen) atoms. The Bertz CT molecular complexity index is 405. The second kappa shape index (κ2) is 4.99. The van der Waals surface area contributed by atoms with E-state index in [1.807, 2.05) is 0 Å². The van der Waals surface area contributed by atoms with Gasteiger partial charge in [-0.3, -0.25) is 14.3 Å². The molecule has 0 N–H and O–H groups in total. The van der Waals surface area contributed by atoms with Crippen molar-refractivity contribution in [3.05, 3.63) is 39.4 Å². The minimum Gasteiger partial charge on any atom is -0.772 e. The number of hydrogen-bond donors (Lipinski definition) is 0. The summed E-state index contributed by atoms with van der Waals surface area (Å²) < 4.78 is 20.6. The lowest BCUT2D eigenvalue weighted by Gasteiger charge is -2.05. The van der Waals surface area contributed by atoms with E-state index in [0.29, 0.717) is 12.0 Å². The van der Waals surface area contributed by atoms with Gasteiger partial charge in [-0.1, -0.05) is 17.1 Å². The Labute approximate surface area is 89.6 Å². The van der Waals surface area contributed by atoms with E-state index in [4.69, 9.17) is 0 Å². The van der Waals surface area contributed by atoms with Crippen molar-refractivity contribution >= 4 is 16.8 Å². The summed E-state index contributed by atoms with van der Waals surface area (Å²) in [5.74, 6) is 0.0389. The van der Waals surface area contributed by atoms with Crippen LogP contribution in [0.2, 0.25) is 0 Å². The van der Waals surface area contributed by atoms with Gasteiger partial charge < -0.3 is 4.55 Å². The highest BCUT2D eigenvalue weighted by Gasteiger charge is 2.09. The number of benzene rings is 1. The van der Waals surface area contributed by atoms with E-state index in [2.05, 4.69) is 0 Å². The lowest BCUT2D eigenvalue weighted by Crippen LogP contribution is -2.00. The molecule has 0 saturated heterocycles. The summed E-state index contributed by atoms with van der Waals surface area (Å²) in [6, 6.07) is 4.63. The number of nitro benzene ring substituents is 1. The lowest BCUT2D eigenvalue weighted by molar-refractivity contribution is -0.385. The molecule has 6 heteroatoms. The average Bonchev–Trinajstić information content (AvgIpc) is 2.14. The van der Waals surface area contributed by atoms with Gasteiger partial charge in [0.25, 0.3) is 5.69 Å². The third-order valence-corrected chi connectivity index (χ3v) is 2.55. The van der Waals surface area contributed by atoms with Crippen LogP contribution in [-0.4, -0.2) is 19.4 Å². The number of nitrogens with zero attached hydrogens (tertiary/aromatic N) is 1. The second-order valence-corrected chi connectivity index (χ2v) is 4.15. The highest BCUT2D eigenvalue weighted by Crippen LogP contribution is 2.18. The molecule has 0 fully saturated rings. The molecule has 0 aliphatic rings. The van der Waals surface area contributed by atoms with E-state index in [0.717, 1.165) is 5.56 Å². The van der Waals surface area contributed by atoms with Gasteiger partial charge in [-0.15, -0.1) is 0 Å². The molecule has 0 saturated carbocycles. The van der Waals surface area contributed by atoms with Gasteiger partial charge in [-0.25, -0.2) is 0 Å². The first kappa shape index (κ1) is 11.8. The van der Waals surface area contributed by atoms with Crippen LogP contribution >= 0.6 is 0 Å². The van der Waals surface area contributed by atoms with Crippen molar-refractivity contribution < 1.29 is 13.7 Å². The van der Waals surface area contributed by atoms with Crippen LogP contribution < -0.4 is 0 Å². The number of nitro groups is 1. The second-order valence-electron chi connectivity index (χ2n) is 3.14. The summed E-state index contributed by atoms with van der Waals surface area (Å²) in [5.41, 5.74) is 1.40. The zero-order chi connectivity index (χ0) is 11.4. The van der Waals surface area contributed by atoms with E-state index >= 15 is 0 Å². The molecule has 0 aromatic heterocycles. The molecule has 1 rings (SSSR count). The normalized spacial score (nSPS) is 12.4. The quantitative estimate of drug-likeness (QED) is 0.442. The molecule has 1 aromatic carbocycles. The predicted octanol–water partition coefficient (Wildman–Crippen LogP) is 1.32. The summed E-state index contributed by atoms with van der Waals surface area (Å²) in [6.07, 6.45) is 0.384. The van der Waals surface area contributed by atoms with Crippen LogP contribution in [0.5, 0.6) is 0 Å². The van der Waals surface area contributed by atoms with E-state index in [1.165, 1.54) is 6.07 Å². The Hall–Kier alpha value is -1.27. The van der Waals surface area contributed by atoms with Crippen LogP contribution in [0.3, 0.4) is 0 Å². The zero-order valence-electron chi connectivity index (χ0n) is 8.13. The van der Waals surface area contributed by atoms with Crippen molar-refractivity contribution in [3.8, 4) is 0 Å². The number of aryl methyl sites for hydroxylation is 2. The fraction of sp³-hybridized carbons (Fsp3) is 0.333. The highest BCUT2D eigenvalue weighted by atomic mass is 32.2. The van der Waals surface area contributed by atoms with Gasteiger partial charge in [-0.2, -0.15) is 0 Å². The molecule has 0 heterocycles. The minimum absolute atomic E-state index is 0.0389. The molecule has 0 amide bonds. The third-order valence-electron chi connectivity index (χ3n) is 2.02. The van der Waals surface area contributed by atoms with Gasteiger partial charge in [0, 0.05) is 17.4 Å². The molecule has 0 bridgehead atoms. The van der Waals surface area contributed by atoms with Crippen molar-refractivity contribution in [2.45, 2.75) is 13.3 Å². The van der Waals surface area contributed by atoms with Crippen molar-refractivity contribution in [3.63, 3.8) is 0 Å². The first-order chi connectivity index (χ1) is 7.00. The molecule has 0 aliphatic carbocycles. The molecular formula is C9H10NO4S-. The average molecular weight is 228 g/mol. The van der Waals surface area contributed by atoms with E-state index < -0.39 is 16.0 Å². The lowest BCUT2D eigenvalue weighted by atomic mass is 10.1. The third kappa shape index (κ3) is 3.41. The van der Waals surface area contributed by atoms with E-state index in [1.54, 1.807) is 19.1 Å². The van der Waals surface area contributed by atoms with Gasteiger partial charge in [0.05, 0.1) is 4.92 Å². The molecule has 82 valence electrons. The van der Waals surface area contributed by atoms with Crippen LogP contribution in [0.4, 0.5) is 5.69 Å². The topological polar surface area (TPSA) is 83.3 Å². The fourth-order valence-electron chi connectivity index (χ4n) is 1.28. The van der Waals surface area contributed by atoms with Crippen molar-refractivity contribution in [2.24, 2.45) is 0 Å². The van der Waals surface area contributed by atoms with Crippen LogP contribution in [0, 0.1) is 17.0 Å². The first-order valence-corrected chi connectivity index (χ1v) is 5.55. The summed E-state index contributed by atoms with van der Waals surface area (Å²) in [5, 5.41) is 10.5. The maximum Gasteiger partial charge on any atom is 0.272 e. The summed E-state index contributed by atoms with van der Waals surface area (Å²) in [4.78, 5) is 10.1. The van der Waals surface area contributed by atoms with Gasteiger partial charge in [-0.05, 0) is 25.0 Å². The smallest absolute Gasteiger partial charge is 0.272 e. The van der Waals surface area contributed by atoms with Crippen molar-refractivity contribution in [1.29, 1.82) is 0 Å². The van der Waals surface area contributed by atoms with Gasteiger partial charge in [0.15, 0.2) is 0 Å². The maximum atomic E-state index is 10.5. The maximum absolute atomic E-state index is 10.5. The monoisotopic (exact) mass is 228 g/mol. The predicted molar refractivity (Wildman–Crippen MR) is 55.3 cm³/mol. The summed E-state index contributed by atoms with van der Waals surface area (Å²) in [6.45, 7) is 1.63. The number of rotatable bonds is 4. The van der Waals surface area contributed by atoms with Crippen LogP contribution in [0.15, 0.2) is 18.2 Å². The van der Waals surface area contributed by atoms with Crippen LogP contribution in [0.1, 0.15) is 11.1 Å². The zero-order valence-corrected chi connectivity index (χ0v) is 8.95. The molecule has 1 aromatic rings. The molecule has 0 radical (unpaired) electrons. The minimum atomic E-state index is -2.07. The first-order valence-electron chi connectivity index (χ1n) is 4.30. The van der Waals surface area contributed by atoms with Gasteiger partial charge >= 0.3 is 0 Å². The van der Waals surface area contributed by atoms with Gasteiger partial charge in [0.1, 0.15) is 0 Å². The van der Waals surface area contributed by atoms with Crippen molar-refractivity contribution in [2.75, 3.05) is 5.75 Å². The van der Waals surface area contributed by atoms with E-state index in [-0.39, 0.29) is 11.4 Å². The molecule has 1 unspecified atom stereocenters. The summed E-state index contributed by atoms with van der Waals surface area (Å²) in [7, 11) is 0. The van der Waals surface area contributed by atoms with E-state index in [9.17, 15) is 18.9 Å². The Morgan fingerprint density at radius 3 is 2.60 bits per heavy atom. The van der Waals surface area contributed by atoms with Gasteiger partial charge in [0.2, 0.25) is 0 Å². The number of hydrogen-bond acceptors (Lipinski definition) is 4. The Morgan fingerprint density at radius 2 is 2.13 bits per heavy atom. The Balaban J connectivity index is 2.82. The Kier molecular flexibility index (Phi) is 3.93. The molecule has 0 spiro atoms. The molecule has 1 atom stereocenters. The SMILES string of the molecule is Cc1cc(CCS(=O)[O-])ccc1[N+](=O)[O-]. The Morgan fingerprint density at radius 1 is 1.47 bits per heavy atom. The highest BCUT2D eigenvalue weighted by molar-refractivity contribution is 7.79. The van der Waals surface area contributed by atoms with Crippen LogP contribution in [-0.2, 0) is 17.5 Å². The standard InChI is InChI=1S/C9H11NO4S/c1-7-6-8(4-5-15(13)14)2-3-9(7)10(11)12/h2-3,6H,4-5H2,1H3,(H,13,14)/p-1. The fourth-order valence-corrected chi connectivity index (χ4v) is 1.68. The molecule has 5 nitrogen and oxygen atoms in total. The molecule has 0 aliphatic heterocycles.